The smallest absolute Gasteiger partial charge is 0.288 e. The maximum Gasteiger partial charge on any atom is 0.288 e. The summed E-state index contributed by atoms with van der Waals surface area (Å²) in [6.07, 6.45) is 0. The molecule has 1 aromatic rings. The summed E-state index contributed by atoms with van der Waals surface area (Å²) in [7, 11) is 0. The van der Waals surface area contributed by atoms with Crippen molar-refractivity contribution in [2.75, 3.05) is 6.54 Å². The van der Waals surface area contributed by atoms with E-state index >= 15 is 0 Å². The summed E-state index contributed by atoms with van der Waals surface area (Å²) in [5, 5.41) is 10.3. The monoisotopic (exact) mass is 220 g/mol. The highest BCUT2D eigenvalue weighted by atomic mass is 19.3. The van der Waals surface area contributed by atoms with Crippen molar-refractivity contribution in [3.8, 4) is 0 Å². The summed E-state index contributed by atoms with van der Waals surface area (Å²) >= 11 is 0. The maximum atomic E-state index is 13.0. The molecule has 0 aromatic heterocycles. The van der Waals surface area contributed by atoms with Crippen LogP contribution < -0.4 is 5.73 Å². The summed E-state index contributed by atoms with van der Waals surface area (Å²) in [6.45, 7) is -1.11. The highest BCUT2D eigenvalue weighted by Gasteiger charge is 2.34. The fraction of sp³-hybridized carbons (Fsp3) is 0.250. The Balaban J connectivity index is 3.28. The van der Waals surface area contributed by atoms with Gasteiger partial charge in [-0.3, -0.25) is 10.1 Å². The number of hydrogen-bond donors (Lipinski definition) is 1. The number of rotatable bonds is 3. The summed E-state index contributed by atoms with van der Waals surface area (Å²) in [4.78, 5) is 9.41. The second-order valence-corrected chi connectivity index (χ2v) is 2.83. The summed E-state index contributed by atoms with van der Waals surface area (Å²) < 4.78 is 39.0. The number of halogens is 3. The molecule has 0 heterocycles. The molecule has 15 heavy (non-hydrogen) atoms. The van der Waals surface area contributed by atoms with Gasteiger partial charge in [0.25, 0.3) is 11.6 Å². The van der Waals surface area contributed by atoms with E-state index in [1.54, 1.807) is 0 Å². The third-order valence-electron chi connectivity index (χ3n) is 1.81. The van der Waals surface area contributed by atoms with Crippen molar-refractivity contribution in [1.82, 2.24) is 0 Å². The molecule has 1 aromatic carbocycles. The van der Waals surface area contributed by atoms with Gasteiger partial charge in [0.15, 0.2) is 0 Å². The molecule has 1 rings (SSSR count). The maximum absolute atomic E-state index is 13.0. The Morgan fingerprint density at radius 3 is 2.53 bits per heavy atom. The van der Waals surface area contributed by atoms with E-state index in [0.717, 1.165) is 6.07 Å². The quantitative estimate of drug-likeness (QED) is 0.623. The highest BCUT2D eigenvalue weighted by Crippen LogP contribution is 2.31. The molecule has 0 spiro atoms. The molecule has 0 bridgehead atoms. The molecule has 0 amide bonds. The Morgan fingerprint density at radius 1 is 1.47 bits per heavy atom. The van der Waals surface area contributed by atoms with Crippen LogP contribution in [0, 0.1) is 15.9 Å². The molecular weight excluding hydrogens is 213 g/mol. The normalized spacial score (nSPS) is 11.5. The van der Waals surface area contributed by atoms with E-state index in [-0.39, 0.29) is 0 Å². The zero-order chi connectivity index (χ0) is 11.6. The van der Waals surface area contributed by atoms with Crippen LogP contribution in [0.5, 0.6) is 0 Å². The third kappa shape index (κ3) is 2.24. The largest absolute Gasteiger partial charge is 0.325 e. The highest BCUT2D eigenvalue weighted by molar-refractivity contribution is 5.37. The summed E-state index contributed by atoms with van der Waals surface area (Å²) in [5.41, 5.74) is 3.09. The van der Waals surface area contributed by atoms with Crippen LogP contribution in [0.4, 0.5) is 18.9 Å². The van der Waals surface area contributed by atoms with Crippen LogP contribution in [-0.4, -0.2) is 11.5 Å². The molecule has 0 saturated carbocycles. The molecule has 7 heteroatoms. The van der Waals surface area contributed by atoms with Gasteiger partial charge in [-0.15, -0.1) is 0 Å². The molecule has 0 aliphatic rings. The van der Waals surface area contributed by atoms with Crippen molar-refractivity contribution in [2.24, 2.45) is 5.73 Å². The molecule has 0 atom stereocenters. The number of nitrogens with two attached hydrogens (primary N) is 1. The molecule has 82 valence electrons. The zero-order valence-corrected chi connectivity index (χ0v) is 7.41. The van der Waals surface area contributed by atoms with Crippen molar-refractivity contribution < 1.29 is 18.1 Å². The molecule has 2 N–H and O–H groups in total. The molecule has 0 unspecified atom stereocenters. The van der Waals surface area contributed by atoms with Gasteiger partial charge in [0, 0.05) is 12.1 Å². The predicted molar refractivity (Wildman–Crippen MR) is 46.0 cm³/mol. The first-order valence-corrected chi connectivity index (χ1v) is 3.91. The van der Waals surface area contributed by atoms with E-state index in [0.29, 0.717) is 12.1 Å². The van der Waals surface area contributed by atoms with Gasteiger partial charge in [0.2, 0.25) is 0 Å². The predicted octanol–water partition coefficient (Wildman–Crippen LogP) is 1.78. The van der Waals surface area contributed by atoms with Crippen LogP contribution in [0.1, 0.15) is 5.56 Å². The Hall–Kier alpha value is -1.63. The van der Waals surface area contributed by atoms with Gasteiger partial charge in [0.1, 0.15) is 5.82 Å². The molecule has 0 aliphatic carbocycles. The average Bonchev–Trinajstić information content (AvgIpc) is 2.17. The number of nitro benzene ring substituents is 1. The van der Waals surface area contributed by atoms with E-state index in [2.05, 4.69) is 0 Å². The van der Waals surface area contributed by atoms with E-state index < -0.39 is 34.5 Å². The summed E-state index contributed by atoms with van der Waals surface area (Å²) in [5.74, 6) is -4.81. The minimum Gasteiger partial charge on any atom is -0.325 e. The number of nitro groups is 1. The lowest BCUT2D eigenvalue weighted by Crippen LogP contribution is -2.26. The van der Waals surface area contributed by atoms with Crippen molar-refractivity contribution in [3.05, 3.63) is 39.7 Å². The number of alkyl halides is 2. The molecule has 0 radical (unpaired) electrons. The molecule has 0 aliphatic heterocycles. The number of non-ortho nitro benzene ring substituents is 1. The fourth-order valence-electron chi connectivity index (χ4n) is 1.02. The lowest BCUT2D eigenvalue weighted by molar-refractivity contribution is -0.385. The van der Waals surface area contributed by atoms with Crippen LogP contribution in [-0.2, 0) is 5.92 Å². The van der Waals surface area contributed by atoms with Crippen LogP contribution >= 0.6 is 0 Å². The summed E-state index contributed by atoms with van der Waals surface area (Å²) in [6, 6.07) is 1.92. The van der Waals surface area contributed by atoms with Crippen LogP contribution in [0.15, 0.2) is 18.2 Å². The van der Waals surface area contributed by atoms with Crippen molar-refractivity contribution in [3.63, 3.8) is 0 Å². The van der Waals surface area contributed by atoms with Gasteiger partial charge in [-0.1, -0.05) is 0 Å². The van der Waals surface area contributed by atoms with Crippen molar-refractivity contribution in [2.45, 2.75) is 5.92 Å². The zero-order valence-electron chi connectivity index (χ0n) is 7.41. The van der Waals surface area contributed by atoms with Crippen LogP contribution in [0.3, 0.4) is 0 Å². The Kier molecular flexibility index (Phi) is 2.94. The van der Waals surface area contributed by atoms with Crippen molar-refractivity contribution >= 4 is 5.69 Å². The number of nitrogens with zero attached hydrogens (tertiary/aromatic N) is 1. The molecule has 0 saturated heterocycles. The van der Waals surface area contributed by atoms with Crippen molar-refractivity contribution in [1.29, 1.82) is 0 Å². The Morgan fingerprint density at radius 2 is 2.07 bits per heavy atom. The molecule has 4 nitrogen and oxygen atoms in total. The molecule has 0 fully saturated rings. The molecular formula is C8H7F3N2O2. The second kappa shape index (κ2) is 3.85. The average molecular weight is 220 g/mol. The minimum atomic E-state index is -3.60. The van der Waals surface area contributed by atoms with Crippen LogP contribution in [0.25, 0.3) is 0 Å². The standard InChI is InChI=1S/C8H7F3N2O2/c9-7-2-1-5(13(14)15)3-6(7)8(10,11)4-12/h1-3H,4,12H2. The van der Waals surface area contributed by atoms with Gasteiger partial charge >= 0.3 is 0 Å². The van der Waals surface area contributed by atoms with E-state index in [1.165, 1.54) is 0 Å². The number of hydrogen-bond acceptors (Lipinski definition) is 3. The van der Waals surface area contributed by atoms with E-state index in [1.807, 2.05) is 0 Å². The van der Waals surface area contributed by atoms with Gasteiger partial charge < -0.3 is 5.73 Å². The number of benzene rings is 1. The van der Waals surface area contributed by atoms with Crippen LogP contribution in [0.2, 0.25) is 0 Å². The van der Waals surface area contributed by atoms with Gasteiger partial charge in [-0.2, -0.15) is 8.78 Å². The first-order valence-electron chi connectivity index (χ1n) is 3.91. The van der Waals surface area contributed by atoms with Gasteiger partial charge in [-0.25, -0.2) is 4.39 Å². The topological polar surface area (TPSA) is 69.2 Å². The second-order valence-electron chi connectivity index (χ2n) is 2.83. The third-order valence-corrected chi connectivity index (χ3v) is 1.81. The minimum absolute atomic E-state index is 0.488. The first-order chi connectivity index (χ1) is 6.88. The fourth-order valence-corrected chi connectivity index (χ4v) is 1.02. The lowest BCUT2D eigenvalue weighted by atomic mass is 10.1. The van der Waals surface area contributed by atoms with Gasteiger partial charge in [-0.05, 0) is 6.07 Å². The first kappa shape index (κ1) is 11.4. The Labute approximate surface area is 82.7 Å². The lowest BCUT2D eigenvalue weighted by Gasteiger charge is -2.14. The van der Waals surface area contributed by atoms with E-state index in [4.69, 9.17) is 5.73 Å². The SMILES string of the molecule is NCC(F)(F)c1cc([N+](=O)[O-])ccc1F. The van der Waals surface area contributed by atoms with E-state index in [9.17, 15) is 23.3 Å². The Bertz CT molecular complexity index is 395. The van der Waals surface area contributed by atoms with Gasteiger partial charge in [0.05, 0.1) is 17.0 Å².